The largest absolute Gasteiger partial charge is 0.483 e. The molecule has 0 N–H and O–H groups in total. The van der Waals surface area contributed by atoms with Crippen molar-refractivity contribution < 1.29 is 9.15 Å². The number of aryl methyl sites for hydroxylation is 4. The fourth-order valence-corrected chi connectivity index (χ4v) is 12.7. The molecule has 2 unspecified atom stereocenters. The van der Waals surface area contributed by atoms with Crippen LogP contribution < -0.4 is 14.5 Å². The average Bonchev–Trinajstić information content (AvgIpc) is 3.93. The standard InChI is InChI=1S/C68H68N2O2/c1-39(2)53-37-57(69(43-21-15-13-16-22-43)61-41(5)29-31-49-47-25-19-27-55(67(7,8)9)63(47)71-65(49)61)51-36-34-46-54(40(3)4)38-58(52-35-33-45(53)59(51)60(46)52)70(44-23-17-14-18-24-44)62-42(6)30-32-50-48-26-20-28-56(68(10,11)12)64(48)72-66(50)62/h13-33,35,37-40,48,64H,34,36H2,1-12H3. The van der Waals surface area contributed by atoms with Gasteiger partial charge in [0, 0.05) is 44.6 Å². The SMILES string of the molecule is Cc1ccc2c(c1N(c1ccccc1)c1cc(C(C)C)c3c4c1ccc1c(C(C)C)cc(N(c5ccccc5)c5c(C)ccc6c5oc5c(C(C)(C)C)cccc56)c(c14)CC3)OC1C(C(C)(C)C)=CC=CC21. The van der Waals surface area contributed by atoms with Crippen LogP contribution in [0.2, 0.25) is 0 Å². The summed E-state index contributed by atoms with van der Waals surface area (Å²) in [6.45, 7) is 27.8. The number of benzene rings is 8. The van der Waals surface area contributed by atoms with Crippen molar-refractivity contribution >= 4 is 77.6 Å². The van der Waals surface area contributed by atoms with E-state index in [0.717, 1.165) is 63.3 Å². The summed E-state index contributed by atoms with van der Waals surface area (Å²) in [4.78, 5) is 5.09. The number of rotatable bonds is 8. The minimum atomic E-state index is -0.0892. The van der Waals surface area contributed by atoms with Crippen LogP contribution in [0.5, 0.6) is 5.75 Å². The number of anilines is 6. The second-order valence-corrected chi connectivity index (χ2v) is 23.6. The molecule has 4 nitrogen and oxygen atoms in total. The molecule has 0 spiro atoms. The molecule has 2 heterocycles. The lowest BCUT2D eigenvalue weighted by Crippen LogP contribution is -2.30. The van der Waals surface area contributed by atoms with Crippen LogP contribution in [0.25, 0.3) is 43.5 Å². The van der Waals surface area contributed by atoms with Crippen molar-refractivity contribution in [3.8, 4) is 5.75 Å². The van der Waals surface area contributed by atoms with Crippen LogP contribution in [0, 0.1) is 19.3 Å². The molecular weight excluding hydrogens is 877 g/mol. The van der Waals surface area contributed by atoms with Gasteiger partial charge in [0.1, 0.15) is 17.4 Å². The van der Waals surface area contributed by atoms with Crippen molar-refractivity contribution in [3.05, 3.63) is 196 Å². The van der Waals surface area contributed by atoms with Gasteiger partial charge in [-0.25, -0.2) is 0 Å². The smallest absolute Gasteiger partial charge is 0.159 e. The maximum atomic E-state index is 7.38. The van der Waals surface area contributed by atoms with E-state index in [2.05, 4.69) is 239 Å². The summed E-state index contributed by atoms with van der Waals surface area (Å²) < 4.78 is 14.6. The van der Waals surface area contributed by atoms with Gasteiger partial charge in [-0.1, -0.05) is 178 Å². The third-order valence-electron chi connectivity index (χ3n) is 16.2. The number of allylic oxidation sites excluding steroid dienone is 2. The first kappa shape index (κ1) is 46.1. The van der Waals surface area contributed by atoms with Crippen LogP contribution in [-0.4, -0.2) is 6.10 Å². The highest BCUT2D eigenvalue weighted by atomic mass is 16.5. The van der Waals surface area contributed by atoms with Crippen LogP contribution in [0.4, 0.5) is 34.1 Å². The summed E-state index contributed by atoms with van der Waals surface area (Å²) in [7, 11) is 0. The van der Waals surface area contributed by atoms with Crippen molar-refractivity contribution in [2.75, 3.05) is 9.80 Å². The summed E-state index contributed by atoms with van der Waals surface area (Å²) in [5.41, 5.74) is 20.4. The third-order valence-corrected chi connectivity index (χ3v) is 16.2. The fourth-order valence-electron chi connectivity index (χ4n) is 12.7. The molecule has 1 aromatic heterocycles. The molecule has 0 radical (unpaired) electrons. The van der Waals surface area contributed by atoms with Gasteiger partial charge < -0.3 is 19.0 Å². The lowest BCUT2D eigenvalue weighted by atomic mass is 9.75. The molecule has 4 heteroatoms. The van der Waals surface area contributed by atoms with Crippen LogP contribution >= 0.6 is 0 Å². The zero-order valence-electron chi connectivity index (χ0n) is 44.3. The van der Waals surface area contributed by atoms with Gasteiger partial charge in [0.05, 0.1) is 22.7 Å². The van der Waals surface area contributed by atoms with Crippen molar-refractivity contribution in [1.82, 2.24) is 0 Å². The average molecular weight is 945 g/mol. The number of hydrogen-bond donors (Lipinski definition) is 0. The second-order valence-electron chi connectivity index (χ2n) is 23.6. The molecule has 0 bridgehead atoms. The molecule has 2 atom stereocenters. The summed E-state index contributed by atoms with van der Waals surface area (Å²) in [5, 5.41) is 7.66. The molecule has 0 saturated carbocycles. The Bertz CT molecular complexity index is 3720. The van der Waals surface area contributed by atoms with Crippen LogP contribution in [-0.2, 0) is 18.3 Å². The highest BCUT2D eigenvalue weighted by molar-refractivity contribution is 6.20. The maximum Gasteiger partial charge on any atom is 0.159 e. The van der Waals surface area contributed by atoms with Crippen molar-refractivity contribution in [2.24, 2.45) is 5.41 Å². The topological polar surface area (TPSA) is 28.9 Å². The number of ether oxygens (including phenoxy) is 1. The van der Waals surface area contributed by atoms with E-state index in [1.54, 1.807) is 0 Å². The summed E-state index contributed by atoms with van der Waals surface area (Å²) in [6.07, 6.45) is 8.69. The number of hydrogen-bond acceptors (Lipinski definition) is 4. The van der Waals surface area contributed by atoms with Crippen LogP contribution in [0.15, 0.2) is 156 Å². The molecule has 1 aliphatic heterocycles. The summed E-state index contributed by atoms with van der Waals surface area (Å²) in [6, 6.07) is 47.9. The molecule has 0 amide bonds. The van der Waals surface area contributed by atoms with Crippen molar-refractivity contribution in [3.63, 3.8) is 0 Å². The molecular formula is C68H68N2O2. The predicted molar refractivity (Wildman–Crippen MR) is 306 cm³/mol. The Morgan fingerprint density at radius 2 is 1.12 bits per heavy atom. The molecule has 2 aliphatic carbocycles. The number of para-hydroxylation sites is 3. The van der Waals surface area contributed by atoms with E-state index in [1.165, 1.54) is 83.0 Å². The zero-order chi connectivity index (χ0) is 50.1. The van der Waals surface area contributed by atoms with Crippen LogP contribution in [0.1, 0.15) is 131 Å². The van der Waals surface area contributed by atoms with E-state index in [9.17, 15) is 0 Å². The second kappa shape index (κ2) is 16.8. The molecule has 9 aromatic rings. The first-order chi connectivity index (χ1) is 34.5. The quantitative estimate of drug-likeness (QED) is 0.142. The Kier molecular flexibility index (Phi) is 10.7. The summed E-state index contributed by atoms with van der Waals surface area (Å²) in [5.74, 6) is 1.69. The lowest BCUT2D eigenvalue weighted by molar-refractivity contribution is 0.224. The molecule has 3 aliphatic rings. The van der Waals surface area contributed by atoms with Gasteiger partial charge >= 0.3 is 0 Å². The first-order valence-electron chi connectivity index (χ1n) is 26.4. The first-order valence-corrected chi connectivity index (χ1v) is 26.4. The Balaban J connectivity index is 1.17. The number of furan rings is 1. The van der Waals surface area contributed by atoms with Crippen molar-refractivity contribution in [1.29, 1.82) is 0 Å². The minimum absolute atomic E-state index is 0.0361. The van der Waals surface area contributed by atoms with Gasteiger partial charge in [0.15, 0.2) is 5.58 Å². The fraction of sp³-hybridized carbons (Fsp3) is 0.294. The Labute approximate surface area is 426 Å². The van der Waals surface area contributed by atoms with Gasteiger partial charge in [0.25, 0.3) is 0 Å². The van der Waals surface area contributed by atoms with E-state index < -0.39 is 0 Å². The Morgan fingerprint density at radius 3 is 1.79 bits per heavy atom. The zero-order valence-corrected chi connectivity index (χ0v) is 44.3. The predicted octanol–water partition coefficient (Wildman–Crippen LogP) is 19.5. The van der Waals surface area contributed by atoms with Gasteiger partial charge in [0.2, 0.25) is 0 Å². The maximum absolute atomic E-state index is 7.38. The molecule has 0 fully saturated rings. The minimum Gasteiger partial charge on any atom is -0.483 e. The van der Waals surface area contributed by atoms with E-state index in [0.29, 0.717) is 5.92 Å². The normalized spacial score (nSPS) is 16.3. The molecule has 8 aromatic carbocycles. The monoisotopic (exact) mass is 945 g/mol. The van der Waals surface area contributed by atoms with Gasteiger partial charge in [-0.3, -0.25) is 0 Å². The number of nitrogens with zero attached hydrogens (tertiary/aromatic N) is 2. The van der Waals surface area contributed by atoms with Gasteiger partial charge in [-0.2, -0.15) is 0 Å². The third kappa shape index (κ3) is 7.07. The van der Waals surface area contributed by atoms with E-state index in [4.69, 9.17) is 9.15 Å². The Hall–Kier alpha value is -7.04. The lowest BCUT2D eigenvalue weighted by Gasteiger charge is -2.35. The molecule has 362 valence electrons. The molecule has 0 saturated heterocycles. The van der Waals surface area contributed by atoms with E-state index in [-0.39, 0.29) is 28.8 Å². The van der Waals surface area contributed by atoms with E-state index in [1.807, 2.05) is 0 Å². The highest BCUT2D eigenvalue weighted by Gasteiger charge is 2.43. The number of fused-ring (bicyclic) bond motifs is 6. The summed E-state index contributed by atoms with van der Waals surface area (Å²) >= 11 is 0. The highest BCUT2D eigenvalue weighted by Crippen LogP contribution is 2.57. The van der Waals surface area contributed by atoms with Crippen LogP contribution in [0.3, 0.4) is 0 Å². The Morgan fingerprint density at radius 1 is 0.542 bits per heavy atom. The van der Waals surface area contributed by atoms with Gasteiger partial charge in [-0.05, 0) is 141 Å². The van der Waals surface area contributed by atoms with Gasteiger partial charge in [-0.15, -0.1) is 0 Å². The molecule has 12 rings (SSSR count). The van der Waals surface area contributed by atoms with E-state index >= 15 is 0 Å². The molecule has 72 heavy (non-hydrogen) atoms. The van der Waals surface area contributed by atoms with Crippen molar-refractivity contribution in [2.45, 2.75) is 125 Å².